The maximum absolute atomic E-state index is 10.9. The van der Waals surface area contributed by atoms with Crippen molar-refractivity contribution in [1.29, 1.82) is 0 Å². The number of carboxylic acid groups (broad SMARTS) is 2. The van der Waals surface area contributed by atoms with Gasteiger partial charge in [-0.3, -0.25) is 9.59 Å². The second-order valence-electron chi connectivity index (χ2n) is 4.85. The Balaban J connectivity index is 3.05. The molecular weight excluding hydrogens is 216 g/mol. The monoisotopic (exact) mass is 232 g/mol. The van der Waals surface area contributed by atoms with Gasteiger partial charge in [0.1, 0.15) is 0 Å². The zero-order chi connectivity index (χ0) is 12.7. The van der Waals surface area contributed by atoms with Gasteiger partial charge in [0.2, 0.25) is 0 Å². The van der Waals surface area contributed by atoms with Crippen LogP contribution >= 0.6 is 0 Å². The molecule has 6 heteroatoms. The van der Waals surface area contributed by atoms with E-state index in [2.05, 4.69) is 0 Å². The molecule has 4 N–H and O–H groups in total. The Kier molecular flexibility index (Phi) is 3.00. The first-order valence-corrected chi connectivity index (χ1v) is 4.99. The fourth-order valence-electron chi connectivity index (χ4n) is 2.10. The fourth-order valence-corrected chi connectivity index (χ4v) is 2.10. The largest absolute Gasteiger partial charge is 0.481 e. The molecule has 6 nitrogen and oxygen atoms in total. The lowest BCUT2D eigenvalue weighted by atomic mass is 9.64. The highest BCUT2D eigenvalue weighted by Gasteiger charge is 2.54. The molecule has 0 aromatic carbocycles. The van der Waals surface area contributed by atoms with Crippen molar-refractivity contribution >= 4 is 11.9 Å². The van der Waals surface area contributed by atoms with E-state index in [1.165, 1.54) is 13.8 Å². The van der Waals surface area contributed by atoms with Crippen LogP contribution in [0, 0.1) is 11.8 Å². The lowest BCUT2D eigenvalue weighted by Crippen LogP contribution is -2.59. The molecule has 1 aliphatic rings. The van der Waals surface area contributed by atoms with E-state index in [4.69, 9.17) is 10.2 Å². The Hall–Kier alpha value is -1.14. The molecule has 0 saturated heterocycles. The number of aliphatic carboxylic acids is 2. The zero-order valence-electron chi connectivity index (χ0n) is 9.17. The van der Waals surface area contributed by atoms with Crippen LogP contribution in [0.2, 0.25) is 0 Å². The van der Waals surface area contributed by atoms with Gasteiger partial charge in [0.15, 0.2) is 0 Å². The predicted molar refractivity (Wildman–Crippen MR) is 52.7 cm³/mol. The van der Waals surface area contributed by atoms with Crippen LogP contribution in [0.4, 0.5) is 0 Å². The van der Waals surface area contributed by atoms with Gasteiger partial charge in [-0.25, -0.2) is 0 Å². The molecule has 0 aromatic heterocycles. The van der Waals surface area contributed by atoms with Crippen molar-refractivity contribution in [2.45, 2.75) is 37.9 Å². The average molecular weight is 232 g/mol. The minimum atomic E-state index is -1.60. The number of aliphatic hydroxyl groups is 2. The summed E-state index contributed by atoms with van der Waals surface area (Å²) < 4.78 is 0. The highest BCUT2D eigenvalue weighted by Crippen LogP contribution is 2.43. The normalized spacial score (nSPS) is 44.0. The molecule has 1 fully saturated rings. The number of carboxylic acids is 2. The molecule has 4 atom stereocenters. The summed E-state index contributed by atoms with van der Waals surface area (Å²) in [6.07, 6.45) is -0.543. The van der Waals surface area contributed by atoms with Crippen molar-refractivity contribution in [2.24, 2.45) is 11.8 Å². The van der Waals surface area contributed by atoms with Crippen LogP contribution in [-0.4, -0.2) is 43.6 Å². The minimum Gasteiger partial charge on any atom is -0.481 e. The summed E-state index contributed by atoms with van der Waals surface area (Å²) in [4.78, 5) is 21.8. The van der Waals surface area contributed by atoms with Crippen LogP contribution in [0.25, 0.3) is 0 Å². The van der Waals surface area contributed by atoms with E-state index in [9.17, 15) is 19.8 Å². The fraction of sp³-hybridized carbons (Fsp3) is 0.800. The molecule has 1 saturated carbocycles. The molecular formula is C10H16O6. The molecule has 0 spiro atoms. The lowest BCUT2D eigenvalue weighted by molar-refractivity contribution is -0.196. The average Bonchev–Trinajstić information content (AvgIpc) is 2.08. The third-order valence-corrected chi connectivity index (χ3v) is 3.52. The Morgan fingerprint density at radius 2 is 1.19 bits per heavy atom. The molecule has 0 radical (unpaired) electrons. The third-order valence-electron chi connectivity index (χ3n) is 3.52. The molecule has 16 heavy (non-hydrogen) atoms. The molecule has 1 aliphatic carbocycles. The van der Waals surface area contributed by atoms with Gasteiger partial charge in [-0.2, -0.15) is 0 Å². The van der Waals surface area contributed by atoms with Crippen LogP contribution < -0.4 is 0 Å². The van der Waals surface area contributed by atoms with Gasteiger partial charge in [-0.15, -0.1) is 0 Å². The van der Waals surface area contributed by atoms with Crippen LogP contribution in [-0.2, 0) is 9.59 Å². The summed E-state index contributed by atoms with van der Waals surface area (Å²) in [5, 5.41) is 37.6. The van der Waals surface area contributed by atoms with Crippen molar-refractivity contribution in [3.05, 3.63) is 0 Å². The van der Waals surface area contributed by atoms with E-state index < -0.39 is 35.0 Å². The maximum Gasteiger partial charge on any atom is 0.307 e. The van der Waals surface area contributed by atoms with Crippen molar-refractivity contribution in [3.8, 4) is 0 Å². The molecule has 0 bridgehead atoms. The van der Waals surface area contributed by atoms with Crippen molar-refractivity contribution < 1.29 is 30.0 Å². The quantitative estimate of drug-likeness (QED) is 0.519. The van der Waals surface area contributed by atoms with Crippen molar-refractivity contribution in [2.75, 3.05) is 0 Å². The van der Waals surface area contributed by atoms with Gasteiger partial charge in [-0.1, -0.05) is 0 Å². The van der Waals surface area contributed by atoms with Gasteiger partial charge in [0.25, 0.3) is 0 Å². The first kappa shape index (κ1) is 12.9. The van der Waals surface area contributed by atoms with Crippen LogP contribution in [0.3, 0.4) is 0 Å². The molecule has 4 unspecified atom stereocenters. The number of hydrogen-bond acceptors (Lipinski definition) is 4. The summed E-state index contributed by atoms with van der Waals surface area (Å²) in [6, 6.07) is 0. The van der Waals surface area contributed by atoms with Crippen LogP contribution in [0.15, 0.2) is 0 Å². The standard InChI is InChI=1S/C10H16O6/c1-9(15)3-5(7(11)12)6(8(13)14)4-10(9,2)16/h5-6,15-16H,3-4H2,1-2H3,(H,11,12)(H,13,14). The van der Waals surface area contributed by atoms with Crippen molar-refractivity contribution in [1.82, 2.24) is 0 Å². The molecule has 92 valence electrons. The van der Waals surface area contributed by atoms with Gasteiger partial charge in [-0.05, 0) is 26.7 Å². The SMILES string of the molecule is CC1(O)CC(C(=O)O)C(C(=O)O)CC1(C)O. The highest BCUT2D eigenvalue weighted by molar-refractivity contribution is 5.80. The Bertz CT molecular complexity index is 287. The molecule has 0 amide bonds. The number of hydrogen-bond donors (Lipinski definition) is 4. The first-order valence-electron chi connectivity index (χ1n) is 4.99. The Morgan fingerprint density at radius 1 is 0.938 bits per heavy atom. The molecule has 0 aromatic rings. The van der Waals surface area contributed by atoms with E-state index in [-0.39, 0.29) is 12.8 Å². The lowest BCUT2D eigenvalue weighted by Gasteiger charge is -2.46. The molecule has 0 aliphatic heterocycles. The van der Waals surface area contributed by atoms with Gasteiger partial charge >= 0.3 is 11.9 Å². The van der Waals surface area contributed by atoms with E-state index in [1.807, 2.05) is 0 Å². The van der Waals surface area contributed by atoms with Crippen molar-refractivity contribution in [3.63, 3.8) is 0 Å². The van der Waals surface area contributed by atoms with Gasteiger partial charge in [0, 0.05) is 0 Å². The van der Waals surface area contributed by atoms with Gasteiger partial charge < -0.3 is 20.4 Å². The maximum atomic E-state index is 10.9. The Morgan fingerprint density at radius 3 is 1.38 bits per heavy atom. The highest BCUT2D eigenvalue weighted by atomic mass is 16.4. The summed E-state index contributed by atoms with van der Waals surface area (Å²) in [5.74, 6) is -4.87. The summed E-state index contributed by atoms with van der Waals surface area (Å²) >= 11 is 0. The zero-order valence-corrected chi connectivity index (χ0v) is 9.17. The van der Waals surface area contributed by atoms with E-state index in [0.29, 0.717) is 0 Å². The summed E-state index contributed by atoms with van der Waals surface area (Å²) in [7, 11) is 0. The van der Waals surface area contributed by atoms with Gasteiger partial charge in [0.05, 0.1) is 23.0 Å². The van der Waals surface area contributed by atoms with E-state index in [1.54, 1.807) is 0 Å². The number of rotatable bonds is 2. The molecule has 0 heterocycles. The first-order chi connectivity index (χ1) is 7.08. The predicted octanol–water partition coefficient (Wildman–Crippen LogP) is -0.316. The number of carbonyl (C=O) groups is 2. The van der Waals surface area contributed by atoms with E-state index in [0.717, 1.165) is 0 Å². The third kappa shape index (κ3) is 2.03. The molecule has 1 rings (SSSR count). The van der Waals surface area contributed by atoms with E-state index >= 15 is 0 Å². The Labute approximate surface area is 92.5 Å². The minimum absolute atomic E-state index is 0.272. The summed E-state index contributed by atoms with van der Waals surface area (Å²) in [5.41, 5.74) is -3.19. The second-order valence-corrected chi connectivity index (χ2v) is 4.85. The topological polar surface area (TPSA) is 115 Å². The second kappa shape index (κ2) is 3.71. The summed E-state index contributed by atoms with van der Waals surface area (Å²) in [6.45, 7) is 2.64. The van der Waals surface area contributed by atoms with Crippen LogP contribution in [0.5, 0.6) is 0 Å². The smallest absolute Gasteiger partial charge is 0.307 e. The van der Waals surface area contributed by atoms with Crippen LogP contribution in [0.1, 0.15) is 26.7 Å².